The Morgan fingerprint density at radius 3 is 2.67 bits per heavy atom. The molecule has 0 unspecified atom stereocenters. The van der Waals surface area contributed by atoms with Crippen LogP contribution in [0.4, 0.5) is 10.1 Å². The summed E-state index contributed by atoms with van der Waals surface area (Å²) in [5.41, 5.74) is 11.3. The van der Waals surface area contributed by atoms with E-state index in [0.29, 0.717) is 11.3 Å². The normalized spacial score (nSPS) is 12.3. The van der Waals surface area contributed by atoms with Crippen LogP contribution < -0.4 is 16.6 Å². The lowest BCUT2D eigenvalue weighted by Gasteiger charge is -2.22. The SMILES string of the molecule is CCn1c2ccc(F)cc2c2cc(N(N)/C(=C\N)c3cnc4ccoc4c3)ccc21. The number of aromatic nitrogens is 2. The Balaban J connectivity index is 1.64. The van der Waals surface area contributed by atoms with Crippen molar-refractivity contribution in [1.82, 2.24) is 9.55 Å². The largest absolute Gasteiger partial charge is 0.463 e. The van der Waals surface area contributed by atoms with Crippen molar-refractivity contribution in [3.8, 4) is 0 Å². The number of hydrazine groups is 1. The molecule has 4 N–H and O–H groups in total. The molecule has 3 aromatic heterocycles. The number of halogens is 1. The molecule has 6 nitrogen and oxygen atoms in total. The molecule has 0 aliphatic carbocycles. The minimum Gasteiger partial charge on any atom is -0.463 e. The first kappa shape index (κ1) is 18.2. The maximum absolute atomic E-state index is 14.0. The summed E-state index contributed by atoms with van der Waals surface area (Å²) in [5, 5.41) is 3.27. The van der Waals surface area contributed by atoms with Gasteiger partial charge in [-0.2, -0.15) is 0 Å². The van der Waals surface area contributed by atoms with Crippen molar-refractivity contribution >= 4 is 44.3 Å². The van der Waals surface area contributed by atoms with Gasteiger partial charge in [-0.3, -0.25) is 9.99 Å². The van der Waals surface area contributed by atoms with Crippen molar-refractivity contribution < 1.29 is 8.81 Å². The third-order valence-electron chi connectivity index (χ3n) is 5.42. The van der Waals surface area contributed by atoms with Gasteiger partial charge in [0.15, 0.2) is 5.58 Å². The van der Waals surface area contributed by atoms with Gasteiger partial charge in [0, 0.05) is 52.4 Å². The van der Waals surface area contributed by atoms with E-state index < -0.39 is 0 Å². The van der Waals surface area contributed by atoms with Gasteiger partial charge in [-0.05, 0) is 49.4 Å². The predicted molar refractivity (Wildman–Crippen MR) is 118 cm³/mol. The van der Waals surface area contributed by atoms with Gasteiger partial charge < -0.3 is 14.7 Å². The highest BCUT2D eigenvalue weighted by Gasteiger charge is 2.16. The van der Waals surface area contributed by atoms with Crippen LogP contribution in [0.1, 0.15) is 12.5 Å². The van der Waals surface area contributed by atoms with Crippen LogP contribution in [-0.4, -0.2) is 9.55 Å². The number of benzene rings is 2. The van der Waals surface area contributed by atoms with Crippen LogP contribution in [0, 0.1) is 5.82 Å². The molecule has 0 fully saturated rings. The molecule has 0 saturated carbocycles. The molecule has 0 aliphatic rings. The Bertz CT molecular complexity index is 1430. The Morgan fingerprint density at radius 2 is 1.90 bits per heavy atom. The van der Waals surface area contributed by atoms with Crippen LogP contribution in [0.3, 0.4) is 0 Å². The van der Waals surface area contributed by atoms with Crippen molar-refractivity contribution in [1.29, 1.82) is 0 Å². The van der Waals surface area contributed by atoms with Crippen LogP contribution in [0.25, 0.3) is 38.6 Å². The molecule has 0 aliphatic heterocycles. The first-order valence-electron chi connectivity index (χ1n) is 9.62. The molecule has 7 heteroatoms. The topological polar surface area (TPSA) is 86.2 Å². The minimum atomic E-state index is -0.270. The van der Waals surface area contributed by atoms with Crippen molar-refractivity contribution in [3.63, 3.8) is 0 Å². The lowest BCUT2D eigenvalue weighted by molar-refractivity contribution is 0.615. The predicted octanol–water partition coefficient (Wildman–Crippen LogP) is 4.73. The molecule has 5 rings (SSSR count). The smallest absolute Gasteiger partial charge is 0.152 e. The first-order chi connectivity index (χ1) is 14.6. The van der Waals surface area contributed by atoms with Gasteiger partial charge in [-0.1, -0.05) is 0 Å². The van der Waals surface area contributed by atoms with Gasteiger partial charge in [-0.25, -0.2) is 10.2 Å². The second-order valence-electron chi connectivity index (χ2n) is 7.06. The number of fused-ring (bicyclic) bond motifs is 4. The molecule has 150 valence electrons. The number of hydrogen-bond donors (Lipinski definition) is 2. The number of hydrogen-bond acceptors (Lipinski definition) is 5. The van der Waals surface area contributed by atoms with Crippen LogP contribution in [0.15, 0.2) is 71.6 Å². The van der Waals surface area contributed by atoms with Gasteiger partial charge in [0.1, 0.15) is 11.3 Å². The molecular formula is C23H20FN5O. The third-order valence-corrected chi connectivity index (χ3v) is 5.42. The maximum atomic E-state index is 14.0. The lowest BCUT2D eigenvalue weighted by Crippen LogP contribution is -2.29. The molecule has 0 saturated heterocycles. The zero-order valence-corrected chi connectivity index (χ0v) is 16.3. The van der Waals surface area contributed by atoms with Crippen LogP contribution >= 0.6 is 0 Å². The summed E-state index contributed by atoms with van der Waals surface area (Å²) >= 11 is 0. The average Bonchev–Trinajstić information content (AvgIpc) is 3.35. The van der Waals surface area contributed by atoms with E-state index in [1.807, 2.05) is 30.3 Å². The van der Waals surface area contributed by atoms with E-state index in [9.17, 15) is 4.39 Å². The zero-order valence-electron chi connectivity index (χ0n) is 16.3. The summed E-state index contributed by atoms with van der Waals surface area (Å²) in [6.45, 7) is 2.85. The molecule has 0 spiro atoms. The molecule has 30 heavy (non-hydrogen) atoms. The second-order valence-corrected chi connectivity index (χ2v) is 7.06. The van der Waals surface area contributed by atoms with Crippen molar-refractivity contribution in [3.05, 3.63) is 78.6 Å². The van der Waals surface area contributed by atoms with E-state index in [-0.39, 0.29) is 5.82 Å². The highest BCUT2D eigenvalue weighted by molar-refractivity contribution is 6.09. The highest BCUT2D eigenvalue weighted by atomic mass is 19.1. The van der Waals surface area contributed by atoms with E-state index in [1.165, 1.54) is 17.3 Å². The third kappa shape index (κ3) is 2.71. The molecule has 2 aromatic carbocycles. The van der Waals surface area contributed by atoms with Crippen molar-refractivity contribution in [2.75, 3.05) is 5.01 Å². The summed E-state index contributed by atoms with van der Waals surface area (Å²) in [6, 6.07) is 14.4. The van der Waals surface area contributed by atoms with Gasteiger partial charge in [0.05, 0.1) is 17.6 Å². The Hall–Kier alpha value is -3.84. The molecule has 0 amide bonds. The fourth-order valence-electron chi connectivity index (χ4n) is 4.00. The lowest BCUT2D eigenvalue weighted by atomic mass is 10.1. The fourth-order valence-corrected chi connectivity index (χ4v) is 4.00. The minimum absolute atomic E-state index is 0.270. The first-order valence-corrected chi connectivity index (χ1v) is 9.62. The van der Waals surface area contributed by atoms with E-state index >= 15 is 0 Å². The quantitative estimate of drug-likeness (QED) is 0.336. The zero-order chi connectivity index (χ0) is 20.8. The fraction of sp³-hybridized carbons (Fsp3) is 0.0870. The van der Waals surface area contributed by atoms with Gasteiger partial charge in [0.2, 0.25) is 0 Å². The van der Waals surface area contributed by atoms with Crippen LogP contribution in [0.2, 0.25) is 0 Å². The van der Waals surface area contributed by atoms with E-state index in [1.54, 1.807) is 24.6 Å². The monoisotopic (exact) mass is 401 g/mol. The number of pyridine rings is 1. The Kier molecular flexibility index (Phi) is 4.18. The summed E-state index contributed by atoms with van der Waals surface area (Å²) in [6.07, 6.45) is 4.72. The van der Waals surface area contributed by atoms with Crippen LogP contribution in [0.5, 0.6) is 0 Å². The van der Waals surface area contributed by atoms with Gasteiger partial charge in [0.25, 0.3) is 0 Å². The number of aryl methyl sites for hydroxylation is 1. The van der Waals surface area contributed by atoms with Crippen molar-refractivity contribution in [2.45, 2.75) is 13.5 Å². The van der Waals surface area contributed by atoms with E-state index in [4.69, 9.17) is 16.0 Å². The van der Waals surface area contributed by atoms with Crippen LogP contribution in [-0.2, 0) is 6.54 Å². The van der Waals surface area contributed by atoms with Gasteiger partial charge >= 0.3 is 0 Å². The molecule has 5 aromatic rings. The Morgan fingerprint density at radius 1 is 1.13 bits per heavy atom. The summed E-state index contributed by atoms with van der Waals surface area (Å²) < 4.78 is 21.6. The Labute approximate surface area is 171 Å². The van der Waals surface area contributed by atoms with E-state index in [2.05, 4.69) is 16.5 Å². The maximum Gasteiger partial charge on any atom is 0.152 e. The molecule has 0 atom stereocenters. The number of rotatable bonds is 4. The molecular weight excluding hydrogens is 381 g/mol. The van der Waals surface area contributed by atoms with E-state index in [0.717, 1.165) is 45.1 Å². The van der Waals surface area contributed by atoms with Gasteiger partial charge in [-0.15, -0.1) is 0 Å². The standard InChI is InChI=1S/C23H20FN5O/c1-2-28-20-5-3-15(24)10-17(20)18-11-16(4-6-21(18)28)29(26)22(12-25)14-9-23-19(27-13-14)7-8-30-23/h3-13H,2,25-26H2,1H3/b22-12-. The number of furan rings is 1. The molecule has 0 bridgehead atoms. The molecule has 3 heterocycles. The average molecular weight is 401 g/mol. The summed E-state index contributed by atoms with van der Waals surface area (Å²) in [4.78, 5) is 4.38. The summed E-state index contributed by atoms with van der Waals surface area (Å²) in [7, 11) is 0. The number of nitrogens with zero attached hydrogens (tertiary/aromatic N) is 3. The second kappa shape index (κ2) is 6.89. The summed E-state index contributed by atoms with van der Waals surface area (Å²) in [5.74, 6) is 6.18. The van der Waals surface area contributed by atoms with Crippen molar-refractivity contribution in [2.24, 2.45) is 11.6 Å². The molecule has 0 radical (unpaired) electrons. The number of nitrogens with two attached hydrogens (primary N) is 2. The number of anilines is 1. The highest BCUT2D eigenvalue weighted by Crippen LogP contribution is 2.34.